The fourth-order valence-corrected chi connectivity index (χ4v) is 4.64. The van der Waals surface area contributed by atoms with Crippen molar-refractivity contribution in [1.29, 1.82) is 0 Å². The first-order valence-electron chi connectivity index (χ1n) is 11.0. The number of para-hydroxylation sites is 1. The maximum atomic E-state index is 13.2. The molecule has 6 heteroatoms. The van der Waals surface area contributed by atoms with Gasteiger partial charge >= 0.3 is 5.97 Å². The molecule has 1 unspecified atom stereocenters. The minimum atomic E-state index is -0.946. The molecule has 2 aromatic carbocycles. The molecule has 0 radical (unpaired) electrons. The summed E-state index contributed by atoms with van der Waals surface area (Å²) < 4.78 is 3.69. The third kappa shape index (κ3) is 4.46. The van der Waals surface area contributed by atoms with Crippen LogP contribution in [0, 0.1) is 6.92 Å². The molecule has 1 fully saturated rings. The summed E-state index contributed by atoms with van der Waals surface area (Å²) in [5.74, 6) is -0.946. The average Bonchev–Trinajstić information content (AvgIpc) is 3.34. The first-order chi connectivity index (χ1) is 15.5. The summed E-state index contributed by atoms with van der Waals surface area (Å²) in [4.78, 5) is 26.4. The van der Waals surface area contributed by atoms with Crippen LogP contribution in [-0.2, 0) is 18.3 Å². The third-order valence-corrected chi connectivity index (χ3v) is 6.43. The molecule has 1 saturated heterocycles. The Labute approximate surface area is 188 Å². The van der Waals surface area contributed by atoms with Crippen molar-refractivity contribution in [3.63, 3.8) is 0 Å². The van der Waals surface area contributed by atoms with Crippen LogP contribution in [0.1, 0.15) is 41.3 Å². The quantitative estimate of drug-likeness (QED) is 0.575. The molecule has 0 amide bonds. The van der Waals surface area contributed by atoms with E-state index in [4.69, 9.17) is 5.11 Å². The molecule has 0 spiro atoms. The van der Waals surface area contributed by atoms with Gasteiger partial charge in [-0.15, -0.1) is 0 Å². The standard InChI is InChI=1S/C26H29N3O3/c1-19-23(26(32)29(27(19)2)22-7-4-3-5-8-22)16-18-28-17-6-9-24(28)21-13-10-20(11-14-21)12-15-25(30)31/h3-5,7-8,10-15,24H,6,9,16-18H2,1-2H3,(H,30,31). The number of carboxylic acids is 1. The van der Waals surface area contributed by atoms with E-state index in [1.807, 2.05) is 61.1 Å². The van der Waals surface area contributed by atoms with Gasteiger partial charge in [0.15, 0.2) is 0 Å². The number of aromatic nitrogens is 2. The van der Waals surface area contributed by atoms with Crippen LogP contribution in [0.15, 0.2) is 65.5 Å². The number of carbonyl (C=O) groups is 1. The van der Waals surface area contributed by atoms with Crippen LogP contribution in [0.2, 0.25) is 0 Å². The van der Waals surface area contributed by atoms with Gasteiger partial charge in [-0.2, -0.15) is 0 Å². The highest BCUT2D eigenvalue weighted by Crippen LogP contribution is 2.32. The van der Waals surface area contributed by atoms with E-state index in [0.29, 0.717) is 12.5 Å². The zero-order valence-electron chi connectivity index (χ0n) is 18.6. The molecule has 166 valence electrons. The van der Waals surface area contributed by atoms with Crippen molar-refractivity contribution in [2.24, 2.45) is 7.05 Å². The second-order valence-electron chi connectivity index (χ2n) is 8.32. The second kappa shape index (κ2) is 9.40. The van der Waals surface area contributed by atoms with Gasteiger partial charge in [0, 0.05) is 37.0 Å². The zero-order valence-corrected chi connectivity index (χ0v) is 18.6. The highest BCUT2D eigenvalue weighted by molar-refractivity contribution is 5.85. The van der Waals surface area contributed by atoms with Crippen LogP contribution in [0.4, 0.5) is 0 Å². The van der Waals surface area contributed by atoms with Crippen LogP contribution in [0.5, 0.6) is 0 Å². The van der Waals surface area contributed by atoms with Crippen LogP contribution in [-0.4, -0.2) is 38.4 Å². The number of aliphatic carboxylic acids is 1. The lowest BCUT2D eigenvalue weighted by Gasteiger charge is -2.24. The number of benzene rings is 2. The summed E-state index contributed by atoms with van der Waals surface area (Å²) in [6, 6.07) is 18.2. The first kappa shape index (κ1) is 21.8. The monoisotopic (exact) mass is 431 g/mol. The van der Waals surface area contributed by atoms with E-state index in [1.54, 1.807) is 10.8 Å². The van der Waals surface area contributed by atoms with Crippen molar-refractivity contribution in [2.75, 3.05) is 13.1 Å². The summed E-state index contributed by atoms with van der Waals surface area (Å²) in [5, 5.41) is 8.79. The van der Waals surface area contributed by atoms with Gasteiger partial charge in [-0.25, -0.2) is 9.48 Å². The van der Waals surface area contributed by atoms with Crippen LogP contribution >= 0.6 is 0 Å². The maximum absolute atomic E-state index is 13.2. The Morgan fingerprint density at radius 3 is 2.53 bits per heavy atom. The Hall–Kier alpha value is -3.38. The lowest BCUT2D eigenvalue weighted by molar-refractivity contribution is -0.131. The summed E-state index contributed by atoms with van der Waals surface area (Å²) in [7, 11) is 1.94. The van der Waals surface area contributed by atoms with E-state index < -0.39 is 5.97 Å². The van der Waals surface area contributed by atoms with Crippen molar-refractivity contribution in [1.82, 2.24) is 14.3 Å². The Balaban J connectivity index is 1.49. The summed E-state index contributed by atoms with van der Waals surface area (Å²) >= 11 is 0. The number of nitrogens with zero attached hydrogens (tertiary/aromatic N) is 3. The molecule has 1 aliphatic heterocycles. The van der Waals surface area contributed by atoms with Gasteiger partial charge in [0.2, 0.25) is 0 Å². The Kier molecular flexibility index (Phi) is 6.42. The largest absolute Gasteiger partial charge is 0.478 e. The first-order valence-corrected chi connectivity index (χ1v) is 11.0. The lowest BCUT2D eigenvalue weighted by atomic mass is 10.0. The number of carboxylic acid groups (broad SMARTS) is 1. The van der Waals surface area contributed by atoms with Crippen LogP contribution in [0.3, 0.4) is 0 Å². The number of hydrogen-bond donors (Lipinski definition) is 1. The van der Waals surface area contributed by atoms with E-state index >= 15 is 0 Å². The van der Waals surface area contributed by atoms with Gasteiger partial charge in [-0.3, -0.25) is 14.4 Å². The predicted octanol–water partition coefficient (Wildman–Crippen LogP) is 3.96. The van der Waals surface area contributed by atoms with Gasteiger partial charge in [0.05, 0.1) is 5.69 Å². The van der Waals surface area contributed by atoms with Gasteiger partial charge in [-0.05, 0) is 62.1 Å². The molecule has 1 N–H and O–H groups in total. The molecule has 0 aliphatic carbocycles. The minimum absolute atomic E-state index is 0.0570. The molecule has 0 bridgehead atoms. The molecular weight excluding hydrogens is 402 g/mol. The van der Waals surface area contributed by atoms with Crippen molar-refractivity contribution in [3.8, 4) is 5.69 Å². The van der Waals surface area contributed by atoms with Crippen molar-refractivity contribution >= 4 is 12.0 Å². The summed E-state index contributed by atoms with van der Waals surface area (Å²) in [6.45, 7) is 3.87. The van der Waals surface area contributed by atoms with Crippen molar-refractivity contribution < 1.29 is 9.90 Å². The second-order valence-corrected chi connectivity index (χ2v) is 8.32. The van der Waals surface area contributed by atoms with E-state index in [2.05, 4.69) is 17.0 Å². The SMILES string of the molecule is Cc1c(CCN2CCCC2c2ccc(C=CC(=O)O)cc2)c(=O)n(-c2ccccc2)n1C. The highest BCUT2D eigenvalue weighted by atomic mass is 16.4. The molecule has 32 heavy (non-hydrogen) atoms. The molecule has 6 nitrogen and oxygen atoms in total. The van der Waals surface area contributed by atoms with Gasteiger partial charge < -0.3 is 5.11 Å². The fourth-order valence-electron chi connectivity index (χ4n) is 4.64. The van der Waals surface area contributed by atoms with Crippen molar-refractivity contribution in [2.45, 2.75) is 32.2 Å². The zero-order chi connectivity index (χ0) is 22.7. The van der Waals surface area contributed by atoms with Gasteiger partial charge in [0.25, 0.3) is 5.56 Å². The molecule has 3 aromatic rings. The molecule has 0 saturated carbocycles. The molecule has 2 heterocycles. The van der Waals surface area contributed by atoms with Crippen LogP contribution in [0.25, 0.3) is 11.8 Å². The van der Waals surface area contributed by atoms with Gasteiger partial charge in [0.1, 0.15) is 0 Å². The molecule has 1 aromatic heterocycles. The van der Waals surface area contributed by atoms with E-state index in [1.165, 1.54) is 5.56 Å². The smallest absolute Gasteiger partial charge is 0.328 e. The Morgan fingerprint density at radius 1 is 1.12 bits per heavy atom. The van der Waals surface area contributed by atoms with Crippen molar-refractivity contribution in [3.05, 3.63) is 93.4 Å². The Morgan fingerprint density at radius 2 is 1.84 bits per heavy atom. The average molecular weight is 432 g/mol. The molecular formula is C26H29N3O3. The lowest BCUT2D eigenvalue weighted by Crippen LogP contribution is -2.28. The predicted molar refractivity (Wildman–Crippen MR) is 126 cm³/mol. The van der Waals surface area contributed by atoms with Gasteiger partial charge in [-0.1, -0.05) is 42.5 Å². The fraction of sp³-hybridized carbons (Fsp3) is 0.308. The number of likely N-dealkylation sites (tertiary alicyclic amines) is 1. The minimum Gasteiger partial charge on any atom is -0.478 e. The Bertz CT molecular complexity index is 1170. The van der Waals surface area contributed by atoms with E-state index in [0.717, 1.165) is 54.5 Å². The third-order valence-electron chi connectivity index (χ3n) is 6.43. The molecule has 4 rings (SSSR count). The summed E-state index contributed by atoms with van der Waals surface area (Å²) in [5.41, 5.74) is 4.93. The topological polar surface area (TPSA) is 67.5 Å². The van der Waals surface area contributed by atoms with E-state index in [9.17, 15) is 9.59 Å². The number of hydrogen-bond acceptors (Lipinski definition) is 3. The molecule has 1 atom stereocenters. The normalized spacial score (nSPS) is 16.8. The van der Waals surface area contributed by atoms with Crippen LogP contribution < -0.4 is 5.56 Å². The highest BCUT2D eigenvalue weighted by Gasteiger charge is 2.26. The summed E-state index contributed by atoms with van der Waals surface area (Å²) in [6.07, 6.45) is 5.70. The number of rotatable bonds is 7. The molecule has 1 aliphatic rings. The van der Waals surface area contributed by atoms with E-state index in [-0.39, 0.29) is 5.56 Å². The maximum Gasteiger partial charge on any atom is 0.328 e.